The number of halogens is 4. The predicted molar refractivity (Wildman–Crippen MR) is 133 cm³/mol. The van der Waals surface area contributed by atoms with Crippen LogP contribution < -0.4 is 9.64 Å². The van der Waals surface area contributed by atoms with Crippen LogP contribution in [0.1, 0.15) is 60.8 Å². The maximum Gasteiger partial charge on any atom is 0.435 e. The van der Waals surface area contributed by atoms with Gasteiger partial charge in [-0.25, -0.2) is 23.7 Å². The van der Waals surface area contributed by atoms with Crippen LogP contribution in [0.25, 0.3) is 17.1 Å². The Balaban J connectivity index is 1.35. The molecule has 1 fully saturated rings. The number of carbonyl (C=O) groups excluding carboxylic acids is 1. The second-order valence-corrected chi connectivity index (χ2v) is 9.86. The molecule has 0 radical (unpaired) electrons. The van der Waals surface area contributed by atoms with Gasteiger partial charge in [0, 0.05) is 18.0 Å². The molecule has 1 saturated carbocycles. The summed E-state index contributed by atoms with van der Waals surface area (Å²) >= 11 is 0. The van der Waals surface area contributed by atoms with E-state index in [9.17, 15) is 18.0 Å². The molecule has 0 bridgehead atoms. The summed E-state index contributed by atoms with van der Waals surface area (Å²) in [6, 6.07) is 4.29. The molecule has 0 N–H and O–H groups in total. The van der Waals surface area contributed by atoms with Gasteiger partial charge in [0.05, 0.1) is 25.4 Å². The number of anilines is 1. The molecule has 1 amide bonds. The van der Waals surface area contributed by atoms with E-state index in [1.807, 2.05) is 0 Å². The number of hydrogen-bond acceptors (Lipinski definition) is 7. The van der Waals surface area contributed by atoms with Gasteiger partial charge in [-0.3, -0.25) is 9.69 Å². The highest BCUT2D eigenvalue weighted by atomic mass is 19.4. The van der Waals surface area contributed by atoms with Crippen molar-refractivity contribution < 1.29 is 27.1 Å². The Kier molecular flexibility index (Phi) is 6.07. The van der Waals surface area contributed by atoms with Crippen molar-refractivity contribution >= 4 is 11.9 Å². The Morgan fingerprint density at radius 3 is 2.55 bits per heavy atom. The molecule has 3 aromatic heterocycles. The smallest absolute Gasteiger partial charge is 0.435 e. The Labute approximate surface area is 225 Å². The van der Waals surface area contributed by atoms with Crippen molar-refractivity contribution in [1.29, 1.82) is 0 Å². The van der Waals surface area contributed by atoms with Crippen LogP contribution in [-0.4, -0.2) is 47.5 Å². The van der Waals surface area contributed by atoms with Gasteiger partial charge in [0.1, 0.15) is 23.4 Å². The van der Waals surface area contributed by atoms with E-state index in [2.05, 4.69) is 25.1 Å². The molecule has 4 heterocycles. The standard InChI is InChI=1S/C26H24F4N8O2/c1-13-10-19(26(28,29)30)34-38(13)18-7-6-16(11-17(18)27)14(2)37-20(39)8-9-36-25(37)33-23(35-36)21-22(15-4-5-15)31-12-32-24(21)40-3/h6-7,10-12,14-15H,4-5,8-9H2,1-3H3/t14-/m1/s1. The van der Waals surface area contributed by atoms with Crippen LogP contribution in [-0.2, 0) is 17.5 Å². The van der Waals surface area contributed by atoms with Crippen molar-refractivity contribution in [3.63, 3.8) is 0 Å². The number of carbonyl (C=O) groups is 1. The third kappa shape index (κ3) is 4.36. The van der Waals surface area contributed by atoms with Gasteiger partial charge in [-0.15, -0.1) is 5.10 Å². The van der Waals surface area contributed by atoms with Crippen LogP contribution in [0.15, 0.2) is 30.6 Å². The van der Waals surface area contributed by atoms with Gasteiger partial charge in [0.15, 0.2) is 11.5 Å². The van der Waals surface area contributed by atoms with Crippen LogP contribution in [0, 0.1) is 12.7 Å². The van der Waals surface area contributed by atoms with Gasteiger partial charge in [-0.05, 0) is 50.5 Å². The van der Waals surface area contributed by atoms with Crippen LogP contribution in [0.2, 0.25) is 0 Å². The number of fused-ring (bicyclic) bond motifs is 1. The molecule has 208 valence electrons. The first-order valence-corrected chi connectivity index (χ1v) is 12.7. The van der Waals surface area contributed by atoms with Gasteiger partial charge in [0.25, 0.3) is 0 Å². The van der Waals surface area contributed by atoms with Crippen molar-refractivity contribution in [2.75, 3.05) is 12.0 Å². The van der Waals surface area contributed by atoms with E-state index in [1.165, 1.54) is 37.4 Å². The van der Waals surface area contributed by atoms with Crippen molar-refractivity contribution in [3.8, 4) is 23.0 Å². The Morgan fingerprint density at radius 2 is 1.90 bits per heavy atom. The highest BCUT2D eigenvalue weighted by Gasteiger charge is 2.37. The Bertz CT molecular complexity index is 1630. The largest absolute Gasteiger partial charge is 0.480 e. The lowest BCUT2D eigenvalue weighted by molar-refractivity contribution is -0.141. The lowest BCUT2D eigenvalue weighted by Gasteiger charge is -2.31. The number of methoxy groups -OCH3 is 1. The van der Waals surface area contributed by atoms with Crippen LogP contribution >= 0.6 is 0 Å². The SMILES string of the molecule is COc1ncnc(C2CC2)c1-c1nc2n(n1)CCC(=O)N2[C@H](C)c1ccc(-n2nc(C(F)(F)F)cc2C)c(F)c1. The molecule has 40 heavy (non-hydrogen) atoms. The number of alkyl halides is 3. The van der Waals surface area contributed by atoms with E-state index in [0.29, 0.717) is 29.4 Å². The molecular weight excluding hydrogens is 532 g/mol. The van der Waals surface area contributed by atoms with E-state index in [-0.39, 0.29) is 35.6 Å². The zero-order chi connectivity index (χ0) is 28.3. The lowest BCUT2D eigenvalue weighted by Crippen LogP contribution is -2.40. The van der Waals surface area contributed by atoms with Gasteiger partial charge in [-0.2, -0.15) is 23.3 Å². The quantitative estimate of drug-likeness (QED) is 0.315. The van der Waals surface area contributed by atoms with Gasteiger partial charge in [-0.1, -0.05) is 6.07 Å². The first-order chi connectivity index (χ1) is 19.1. The molecule has 14 heteroatoms. The highest BCUT2D eigenvalue weighted by molar-refractivity contribution is 5.93. The summed E-state index contributed by atoms with van der Waals surface area (Å²) in [5.41, 5.74) is 0.681. The summed E-state index contributed by atoms with van der Waals surface area (Å²) in [5, 5.41) is 8.17. The number of aryl methyl sites for hydroxylation is 2. The summed E-state index contributed by atoms with van der Waals surface area (Å²) < 4.78 is 62.6. The van der Waals surface area contributed by atoms with Gasteiger partial charge in [0.2, 0.25) is 17.7 Å². The molecule has 4 aromatic rings. The van der Waals surface area contributed by atoms with Crippen LogP contribution in [0.3, 0.4) is 0 Å². The molecule has 0 unspecified atom stereocenters. The fraction of sp³-hybridized carbons (Fsp3) is 0.385. The number of rotatable bonds is 6. The van der Waals surface area contributed by atoms with E-state index in [4.69, 9.17) is 4.74 Å². The van der Waals surface area contributed by atoms with Crippen LogP contribution in [0.5, 0.6) is 5.88 Å². The Hall–Kier alpha value is -4.36. The summed E-state index contributed by atoms with van der Waals surface area (Å²) in [6.07, 6.45) is -1.08. The third-order valence-corrected chi connectivity index (χ3v) is 7.14. The fourth-order valence-electron chi connectivity index (χ4n) is 4.96. The van der Waals surface area contributed by atoms with E-state index >= 15 is 4.39 Å². The van der Waals surface area contributed by atoms with E-state index in [0.717, 1.165) is 29.3 Å². The number of amides is 1. The topological polar surface area (TPSA) is 104 Å². The third-order valence-electron chi connectivity index (χ3n) is 7.14. The monoisotopic (exact) mass is 556 g/mol. The molecule has 10 nitrogen and oxygen atoms in total. The summed E-state index contributed by atoms with van der Waals surface area (Å²) in [4.78, 5) is 27.9. The first-order valence-electron chi connectivity index (χ1n) is 12.7. The maximum atomic E-state index is 15.3. The molecular formula is C26H24F4N8O2. The number of aromatic nitrogens is 7. The molecule has 1 aromatic carbocycles. The van der Waals surface area contributed by atoms with Gasteiger partial charge >= 0.3 is 6.18 Å². The summed E-state index contributed by atoms with van der Waals surface area (Å²) in [5.74, 6) is 0.212. The average molecular weight is 557 g/mol. The minimum atomic E-state index is -4.65. The molecule has 2 aliphatic rings. The number of hydrogen-bond donors (Lipinski definition) is 0. The second-order valence-electron chi connectivity index (χ2n) is 9.86. The highest BCUT2D eigenvalue weighted by Crippen LogP contribution is 2.45. The summed E-state index contributed by atoms with van der Waals surface area (Å²) in [7, 11) is 1.50. The van der Waals surface area contributed by atoms with E-state index in [1.54, 1.807) is 17.7 Å². The molecule has 1 atom stereocenters. The molecule has 6 rings (SSSR count). The number of benzene rings is 1. The molecule has 0 spiro atoms. The van der Waals surface area contributed by atoms with Crippen molar-refractivity contribution in [2.45, 2.75) is 57.8 Å². The van der Waals surface area contributed by atoms with Crippen LogP contribution in [0.4, 0.5) is 23.5 Å². The summed E-state index contributed by atoms with van der Waals surface area (Å²) in [6.45, 7) is 3.45. The van der Waals surface area contributed by atoms with Crippen molar-refractivity contribution in [3.05, 3.63) is 59.1 Å². The van der Waals surface area contributed by atoms with Crippen molar-refractivity contribution in [2.24, 2.45) is 0 Å². The zero-order valence-corrected chi connectivity index (χ0v) is 21.8. The normalized spacial score (nSPS) is 16.3. The number of ether oxygens (including phenoxy) is 1. The molecule has 1 aliphatic carbocycles. The van der Waals surface area contributed by atoms with E-state index < -0.39 is 23.7 Å². The molecule has 1 aliphatic heterocycles. The maximum absolute atomic E-state index is 15.3. The van der Waals surface area contributed by atoms with Gasteiger partial charge < -0.3 is 4.74 Å². The Morgan fingerprint density at radius 1 is 1.12 bits per heavy atom. The first kappa shape index (κ1) is 25.9. The minimum Gasteiger partial charge on any atom is -0.480 e. The second kappa shape index (κ2) is 9.38. The predicted octanol–water partition coefficient (Wildman–Crippen LogP) is 4.77. The molecule has 0 saturated heterocycles. The zero-order valence-electron chi connectivity index (χ0n) is 21.8. The number of nitrogens with zero attached hydrogens (tertiary/aromatic N) is 8. The lowest BCUT2D eigenvalue weighted by atomic mass is 10.1. The van der Waals surface area contributed by atoms with Crippen molar-refractivity contribution in [1.82, 2.24) is 34.5 Å². The average Bonchev–Trinajstić information content (AvgIpc) is 3.56. The minimum absolute atomic E-state index is 0.129. The fourth-order valence-corrected chi connectivity index (χ4v) is 4.96.